The van der Waals surface area contributed by atoms with Gasteiger partial charge in [0.15, 0.2) is 0 Å². The van der Waals surface area contributed by atoms with E-state index in [0.717, 1.165) is 0 Å². The van der Waals surface area contributed by atoms with Crippen molar-refractivity contribution in [2.24, 2.45) is 5.73 Å². The molecular weight excluding hydrogens is 197 g/mol. The van der Waals surface area contributed by atoms with Gasteiger partial charge in [0.25, 0.3) is 0 Å². The molecule has 1 aromatic heterocycles. The van der Waals surface area contributed by atoms with E-state index in [0.29, 0.717) is 25.3 Å². The zero-order valence-electron chi connectivity index (χ0n) is 8.36. The van der Waals surface area contributed by atoms with E-state index in [2.05, 4.69) is 4.98 Å². The Bertz CT molecular complexity index is 343. The Morgan fingerprint density at radius 1 is 1.60 bits per heavy atom. The van der Waals surface area contributed by atoms with Gasteiger partial charge in [-0.15, -0.1) is 0 Å². The summed E-state index contributed by atoms with van der Waals surface area (Å²) in [7, 11) is 0. The Kier molecular flexibility index (Phi) is 2.58. The van der Waals surface area contributed by atoms with Gasteiger partial charge in [0, 0.05) is 19.6 Å². The average molecular weight is 211 g/mol. The van der Waals surface area contributed by atoms with Crippen LogP contribution in [0, 0.1) is 5.82 Å². The maximum atomic E-state index is 12.6. The second kappa shape index (κ2) is 3.75. The first-order valence-electron chi connectivity index (χ1n) is 4.92. The van der Waals surface area contributed by atoms with Crippen molar-refractivity contribution < 1.29 is 9.50 Å². The average Bonchev–Trinajstić information content (AvgIpc) is 2.63. The van der Waals surface area contributed by atoms with Crippen LogP contribution in [0.5, 0.6) is 0 Å². The minimum atomic E-state index is -0.823. The molecule has 1 saturated heterocycles. The molecular formula is C10H14FN3O. The Morgan fingerprint density at radius 3 is 2.93 bits per heavy atom. The number of halogens is 1. The van der Waals surface area contributed by atoms with Crippen LogP contribution in [0.15, 0.2) is 18.3 Å². The van der Waals surface area contributed by atoms with E-state index >= 15 is 0 Å². The monoisotopic (exact) mass is 211 g/mol. The highest BCUT2D eigenvalue weighted by molar-refractivity contribution is 5.40. The van der Waals surface area contributed by atoms with Gasteiger partial charge in [0.1, 0.15) is 11.6 Å². The second-order valence-electron chi connectivity index (χ2n) is 3.93. The molecule has 15 heavy (non-hydrogen) atoms. The lowest BCUT2D eigenvalue weighted by molar-refractivity contribution is 0.0725. The lowest BCUT2D eigenvalue weighted by Gasteiger charge is -2.21. The van der Waals surface area contributed by atoms with Gasteiger partial charge >= 0.3 is 0 Å². The van der Waals surface area contributed by atoms with Crippen LogP contribution in [-0.4, -0.2) is 35.3 Å². The number of rotatable bonds is 2. The molecule has 2 rings (SSSR count). The number of pyridine rings is 1. The maximum absolute atomic E-state index is 12.6. The number of β-amino-alcohol motifs (C(OH)–C–C–N with tert-alkyl or cyclic N) is 1. The fourth-order valence-electron chi connectivity index (χ4n) is 1.77. The van der Waals surface area contributed by atoms with E-state index in [1.165, 1.54) is 12.3 Å². The van der Waals surface area contributed by atoms with Crippen LogP contribution in [0.25, 0.3) is 0 Å². The molecule has 1 fully saturated rings. The molecule has 0 bridgehead atoms. The number of hydrogen-bond acceptors (Lipinski definition) is 4. The molecule has 0 aromatic carbocycles. The van der Waals surface area contributed by atoms with Gasteiger partial charge in [-0.2, -0.15) is 0 Å². The van der Waals surface area contributed by atoms with Crippen molar-refractivity contribution >= 4 is 5.82 Å². The van der Waals surface area contributed by atoms with Crippen LogP contribution < -0.4 is 10.6 Å². The summed E-state index contributed by atoms with van der Waals surface area (Å²) in [5, 5.41) is 9.92. The molecule has 0 amide bonds. The molecule has 1 atom stereocenters. The zero-order chi connectivity index (χ0) is 10.9. The fraction of sp³-hybridized carbons (Fsp3) is 0.500. The number of aliphatic hydroxyl groups is 1. The van der Waals surface area contributed by atoms with Gasteiger partial charge in [-0.3, -0.25) is 0 Å². The number of anilines is 1. The number of aromatic nitrogens is 1. The Balaban J connectivity index is 2.11. The third-order valence-corrected chi connectivity index (χ3v) is 2.75. The second-order valence-corrected chi connectivity index (χ2v) is 3.93. The third kappa shape index (κ3) is 2.08. The van der Waals surface area contributed by atoms with E-state index in [9.17, 15) is 9.50 Å². The first-order valence-corrected chi connectivity index (χ1v) is 4.92. The third-order valence-electron chi connectivity index (χ3n) is 2.75. The molecule has 1 unspecified atom stereocenters. The molecule has 0 aliphatic carbocycles. The minimum absolute atomic E-state index is 0.241. The predicted molar refractivity (Wildman–Crippen MR) is 55.0 cm³/mol. The summed E-state index contributed by atoms with van der Waals surface area (Å²) < 4.78 is 12.6. The van der Waals surface area contributed by atoms with Crippen LogP contribution in [0.1, 0.15) is 6.42 Å². The highest BCUT2D eigenvalue weighted by atomic mass is 19.1. The number of hydrogen-bond donors (Lipinski definition) is 2. The van der Waals surface area contributed by atoms with Crippen molar-refractivity contribution in [2.45, 2.75) is 12.0 Å². The lowest BCUT2D eigenvalue weighted by atomic mass is 10.0. The summed E-state index contributed by atoms with van der Waals surface area (Å²) in [6, 6.07) is 2.97. The summed E-state index contributed by atoms with van der Waals surface area (Å²) in [5.41, 5.74) is 4.65. The standard InChI is InChI=1S/C10H14FN3O/c11-8-1-2-9(13-5-8)14-4-3-10(15,6-12)7-14/h1-2,5,15H,3-4,6-7,12H2. The van der Waals surface area contributed by atoms with E-state index in [4.69, 9.17) is 5.73 Å². The topological polar surface area (TPSA) is 62.4 Å². The van der Waals surface area contributed by atoms with Crippen LogP contribution in [0.2, 0.25) is 0 Å². The zero-order valence-corrected chi connectivity index (χ0v) is 8.36. The molecule has 5 heteroatoms. The normalized spacial score (nSPS) is 25.9. The summed E-state index contributed by atoms with van der Waals surface area (Å²) in [6.45, 7) is 1.40. The minimum Gasteiger partial charge on any atom is -0.387 e. The summed E-state index contributed by atoms with van der Waals surface area (Å²) >= 11 is 0. The molecule has 0 spiro atoms. The first-order chi connectivity index (χ1) is 7.13. The van der Waals surface area contributed by atoms with E-state index in [1.54, 1.807) is 6.07 Å². The smallest absolute Gasteiger partial charge is 0.141 e. The molecule has 1 aliphatic rings. The summed E-state index contributed by atoms with van der Waals surface area (Å²) in [5.74, 6) is 0.327. The Hall–Kier alpha value is -1.20. The SMILES string of the molecule is NCC1(O)CCN(c2ccc(F)cn2)C1. The van der Waals surface area contributed by atoms with Crippen LogP contribution in [0.4, 0.5) is 10.2 Å². The number of nitrogens with two attached hydrogens (primary N) is 1. The van der Waals surface area contributed by atoms with Gasteiger partial charge in [-0.25, -0.2) is 9.37 Å². The van der Waals surface area contributed by atoms with Crippen molar-refractivity contribution in [2.75, 3.05) is 24.5 Å². The van der Waals surface area contributed by atoms with Crippen molar-refractivity contribution in [3.05, 3.63) is 24.1 Å². The number of nitrogens with zero attached hydrogens (tertiary/aromatic N) is 2. The predicted octanol–water partition coefficient (Wildman–Crippen LogP) is 0.121. The molecule has 0 saturated carbocycles. The molecule has 82 valence electrons. The highest BCUT2D eigenvalue weighted by Crippen LogP contribution is 2.24. The van der Waals surface area contributed by atoms with E-state index in [1.807, 2.05) is 4.90 Å². The van der Waals surface area contributed by atoms with Crippen LogP contribution >= 0.6 is 0 Å². The molecule has 3 N–H and O–H groups in total. The molecule has 1 aliphatic heterocycles. The largest absolute Gasteiger partial charge is 0.387 e. The van der Waals surface area contributed by atoms with E-state index in [-0.39, 0.29) is 12.4 Å². The fourth-order valence-corrected chi connectivity index (χ4v) is 1.77. The van der Waals surface area contributed by atoms with Gasteiger partial charge in [0.05, 0.1) is 11.8 Å². The van der Waals surface area contributed by atoms with Gasteiger partial charge in [0.2, 0.25) is 0 Å². The van der Waals surface area contributed by atoms with Crippen molar-refractivity contribution in [3.63, 3.8) is 0 Å². The highest BCUT2D eigenvalue weighted by Gasteiger charge is 2.35. The quantitative estimate of drug-likeness (QED) is 0.729. The van der Waals surface area contributed by atoms with Gasteiger partial charge in [-0.05, 0) is 18.6 Å². The van der Waals surface area contributed by atoms with Crippen molar-refractivity contribution in [3.8, 4) is 0 Å². The Labute approximate surface area is 87.5 Å². The van der Waals surface area contributed by atoms with Crippen LogP contribution in [-0.2, 0) is 0 Å². The maximum Gasteiger partial charge on any atom is 0.141 e. The van der Waals surface area contributed by atoms with Crippen LogP contribution in [0.3, 0.4) is 0 Å². The molecule has 4 nitrogen and oxygen atoms in total. The first kappa shape index (κ1) is 10.3. The molecule has 2 heterocycles. The summed E-state index contributed by atoms with van der Waals surface area (Å²) in [6.07, 6.45) is 1.80. The van der Waals surface area contributed by atoms with E-state index < -0.39 is 5.60 Å². The summed E-state index contributed by atoms with van der Waals surface area (Å²) in [4.78, 5) is 5.87. The molecule has 1 aromatic rings. The van der Waals surface area contributed by atoms with Crippen molar-refractivity contribution in [1.82, 2.24) is 4.98 Å². The van der Waals surface area contributed by atoms with Crippen molar-refractivity contribution in [1.29, 1.82) is 0 Å². The lowest BCUT2D eigenvalue weighted by Crippen LogP contribution is -2.40. The van der Waals surface area contributed by atoms with Gasteiger partial charge < -0.3 is 15.7 Å². The Morgan fingerprint density at radius 2 is 2.40 bits per heavy atom. The molecule has 0 radical (unpaired) electrons. The van der Waals surface area contributed by atoms with Gasteiger partial charge in [-0.1, -0.05) is 0 Å².